The van der Waals surface area contributed by atoms with Crippen LogP contribution in [-0.2, 0) is 13.0 Å². The van der Waals surface area contributed by atoms with E-state index >= 15 is 0 Å². The van der Waals surface area contributed by atoms with Crippen LogP contribution in [0, 0.1) is 0 Å². The fourth-order valence-electron chi connectivity index (χ4n) is 2.51. The highest BCUT2D eigenvalue weighted by Gasteiger charge is 2.11. The van der Waals surface area contributed by atoms with Gasteiger partial charge in [0, 0.05) is 24.2 Å². The number of hydrogen-bond donors (Lipinski definition) is 1. The van der Waals surface area contributed by atoms with Crippen LogP contribution in [0.15, 0.2) is 61.1 Å². The number of ether oxygens (including phenoxy) is 1. The number of aliphatic hydroxyl groups is 1. The Morgan fingerprint density at radius 3 is 2.50 bits per heavy atom. The van der Waals surface area contributed by atoms with Crippen molar-refractivity contribution in [1.29, 1.82) is 0 Å². The molecule has 0 saturated carbocycles. The summed E-state index contributed by atoms with van der Waals surface area (Å²) in [6.07, 6.45) is 5.57. The maximum atomic E-state index is 10.3. The molecule has 0 spiro atoms. The van der Waals surface area contributed by atoms with Crippen molar-refractivity contribution in [3.8, 4) is 17.0 Å². The molecule has 3 aromatic rings. The third-order valence-electron chi connectivity index (χ3n) is 3.85. The Labute approximate surface area is 141 Å². The molecule has 0 aliphatic carbocycles. The summed E-state index contributed by atoms with van der Waals surface area (Å²) in [6.45, 7) is 2.71. The van der Waals surface area contributed by atoms with Crippen LogP contribution >= 0.6 is 0 Å². The maximum Gasteiger partial charge on any atom is 0.119 e. The van der Waals surface area contributed by atoms with Crippen LogP contribution in [-0.4, -0.2) is 32.6 Å². The minimum Gasteiger partial charge on any atom is -0.491 e. The fourth-order valence-corrected chi connectivity index (χ4v) is 2.51. The van der Waals surface area contributed by atoms with Crippen LogP contribution in [0.25, 0.3) is 11.3 Å². The summed E-state index contributed by atoms with van der Waals surface area (Å²) in [6, 6.07) is 13.7. The normalized spacial score (nSPS) is 12.1. The van der Waals surface area contributed by atoms with Crippen molar-refractivity contribution in [1.82, 2.24) is 14.8 Å². The minimum absolute atomic E-state index is 0.223. The molecule has 0 fully saturated rings. The quantitative estimate of drug-likeness (QED) is 0.726. The fraction of sp³-hybridized carbons (Fsp3) is 0.263. The Kier molecular flexibility index (Phi) is 5.23. The molecular formula is C19H21N3O2. The maximum absolute atomic E-state index is 10.3. The monoisotopic (exact) mass is 323 g/mol. The van der Waals surface area contributed by atoms with Crippen molar-refractivity contribution in [2.75, 3.05) is 6.61 Å². The third-order valence-corrected chi connectivity index (χ3v) is 3.85. The van der Waals surface area contributed by atoms with E-state index in [-0.39, 0.29) is 6.61 Å². The molecule has 1 aromatic carbocycles. The lowest BCUT2D eigenvalue weighted by Crippen LogP contribution is -2.24. The van der Waals surface area contributed by atoms with Gasteiger partial charge in [0.1, 0.15) is 18.5 Å². The summed E-state index contributed by atoms with van der Waals surface area (Å²) in [5, 5.41) is 14.5. The van der Waals surface area contributed by atoms with Gasteiger partial charge in [-0.2, -0.15) is 5.10 Å². The van der Waals surface area contributed by atoms with Crippen LogP contribution < -0.4 is 4.74 Å². The SMILES string of the molecule is CCc1ccc(OCC(O)Cn2nccc2-c2ccncc2)cc1. The van der Waals surface area contributed by atoms with Crippen LogP contribution in [0.4, 0.5) is 0 Å². The number of aryl methyl sites for hydroxylation is 1. The summed E-state index contributed by atoms with van der Waals surface area (Å²) in [5.41, 5.74) is 3.23. The van der Waals surface area contributed by atoms with Crippen molar-refractivity contribution < 1.29 is 9.84 Å². The molecule has 5 nitrogen and oxygen atoms in total. The Bertz CT molecular complexity index is 754. The van der Waals surface area contributed by atoms with Crippen molar-refractivity contribution in [3.63, 3.8) is 0 Å². The van der Waals surface area contributed by atoms with Gasteiger partial charge in [-0.05, 0) is 42.3 Å². The van der Waals surface area contributed by atoms with Gasteiger partial charge >= 0.3 is 0 Å². The van der Waals surface area contributed by atoms with E-state index in [0.29, 0.717) is 6.54 Å². The van der Waals surface area contributed by atoms with Gasteiger partial charge in [-0.25, -0.2) is 0 Å². The van der Waals surface area contributed by atoms with E-state index in [2.05, 4.69) is 17.0 Å². The second kappa shape index (κ2) is 7.75. The molecule has 0 radical (unpaired) electrons. The molecule has 0 aliphatic heterocycles. The lowest BCUT2D eigenvalue weighted by atomic mass is 10.2. The van der Waals surface area contributed by atoms with Crippen LogP contribution in [0.1, 0.15) is 12.5 Å². The van der Waals surface area contributed by atoms with E-state index < -0.39 is 6.10 Å². The largest absolute Gasteiger partial charge is 0.491 e. The first-order valence-corrected chi connectivity index (χ1v) is 8.08. The molecule has 1 atom stereocenters. The minimum atomic E-state index is -0.642. The van der Waals surface area contributed by atoms with Crippen LogP contribution in [0.5, 0.6) is 5.75 Å². The highest BCUT2D eigenvalue weighted by Crippen LogP contribution is 2.18. The molecule has 1 N–H and O–H groups in total. The van der Waals surface area contributed by atoms with Crippen molar-refractivity contribution in [2.45, 2.75) is 26.0 Å². The number of nitrogens with zero attached hydrogens (tertiary/aromatic N) is 3. The molecule has 0 saturated heterocycles. The van der Waals surface area contributed by atoms with Gasteiger partial charge in [0.15, 0.2) is 0 Å². The molecule has 0 bridgehead atoms. The summed E-state index contributed by atoms with van der Waals surface area (Å²) in [7, 11) is 0. The Balaban J connectivity index is 1.59. The first kappa shape index (κ1) is 16.2. The highest BCUT2D eigenvalue weighted by atomic mass is 16.5. The topological polar surface area (TPSA) is 60.2 Å². The van der Waals surface area contributed by atoms with E-state index in [9.17, 15) is 5.11 Å². The smallest absolute Gasteiger partial charge is 0.119 e. The standard InChI is InChI=1S/C19H21N3O2/c1-2-15-3-5-18(6-4-15)24-14-17(23)13-22-19(9-12-21-22)16-7-10-20-11-8-16/h3-12,17,23H,2,13-14H2,1H3. The molecule has 5 heteroatoms. The van der Waals surface area contributed by atoms with Crippen molar-refractivity contribution in [3.05, 3.63) is 66.6 Å². The first-order chi connectivity index (χ1) is 11.8. The van der Waals surface area contributed by atoms with E-state index in [0.717, 1.165) is 23.4 Å². The molecular weight excluding hydrogens is 302 g/mol. The van der Waals surface area contributed by atoms with Gasteiger partial charge in [0.25, 0.3) is 0 Å². The van der Waals surface area contributed by atoms with Crippen LogP contribution in [0.3, 0.4) is 0 Å². The van der Waals surface area contributed by atoms with E-state index in [1.54, 1.807) is 23.3 Å². The van der Waals surface area contributed by atoms with Gasteiger partial charge in [-0.3, -0.25) is 9.67 Å². The van der Waals surface area contributed by atoms with Gasteiger partial charge in [-0.15, -0.1) is 0 Å². The Morgan fingerprint density at radius 2 is 1.79 bits per heavy atom. The predicted octanol–water partition coefficient (Wildman–Crippen LogP) is 2.95. The predicted molar refractivity (Wildman–Crippen MR) is 92.8 cm³/mol. The summed E-state index contributed by atoms with van der Waals surface area (Å²) >= 11 is 0. The van der Waals surface area contributed by atoms with Gasteiger partial charge < -0.3 is 9.84 Å². The molecule has 0 aliphatic rings. The second-order valence-corrected chi connectivity index (χ2v) is 5.60. The second-order valence-electron chi connectivity index (χ2n) is 5.60. The molecule has 2 heterocycles. The van der Waals surface area contributed by atoms with E-state index in [1.165, 1.54) is 5.56 Å². The summed E-state index contributed by atoms with van der Waals surface area (Å²) < 4.78 is 7.44. The molecule has 0 amide bonds. The number of aromatic nitrogens is 3. The number of hydrogen-bond acceptors (Lipinski definition) is 4. The first-order valence-electron chi connectivity index (χ1n) is 8.08. The van der Waals surface area contributed by atoms with Crippen molar-refractivity contribution >= 4 is 0 Å². The number of benzene rings is 1. The lowest BCUT2D eigenvalue weighted by Gasteiger charge is -2.14. The van der Waals surface area contributed by atoms with Gasteiger partial charge in [0.05, 0.1) is 12.2 Å². The van der Waals surface area contributed by atoms with Gasteiger partial charge in [0.2, 0.25) is 0 Å². The lowest BCUT2D eigenvalue weighted by molar-refractivity contribution is 0.0898. The molecule has 124 valence electrons. The zero-order chi connectivity index (χ0) is 16.8. The van der Waals surface area contributed by atoms with Crippen LogP contribution in [0.2, 0.25) is 0 Å². The number of rotatable bonds is 7. The third kappa shape index (κ3) is 4.00. The zero-order valence-corrected chi connectivity index (χ0v) is 13.7. The average molecular weight is 323 g/mol. The summed E-state index contributed by atoms with van der Waals surface area (Å²) in [5.74, 6) is 0.765. The molecule has 1 unspecified atom stereocenters. The highest BCUT2D eigenvalue weighted by molar-refractivity contribution is 5.58. The molecule has 24 heavy (non-hydrogen) atoms. The van der Waals surface area contributed by atoms with Gasteiger partial charge in [-0.1, -0.05) is 19.1 Å². The zero-order valence-electron chi connectivity index (χ0n) is 13.7. The summed E-state index contributed by atoms with van der Waals surface area (Å²) in [4.78, 5) is 4.02. The molecule has 2 aromatic heterocycles. The van der Waals surface area contributed by atoms with Crippen molar-refractivity contribution in [2.24, 2.45) is 0 Å². The van der Waals surface area contributed by atoms with E-state index in [1.807, 2.05) is 42.5 Å². The Hall–Kier alpha value is -2.66. The number of pyridine rings is 1. The Morgan fingerprint density at radius 1 is 1.04 bits per heavy atom. The average Bonchev–Trinajstić information content (AvgIpc) is 3.09. The number of aliphatic hydroxyl groups excluding tert-OH is 1. The molecule has 3 rings (SSSR count). The van der Waals surface area contributed by atoms with E-state index in [4.69, 9.17) is 4.74 Å².